The van der Waals surface area contributed by atoms with Crippen molar-refractivity contribution in [3.63, 3.8) is 0 Å². The van der Waals surface area contributed by atoms with Crippen molar-refractivity contribution in [3.05, 3.63) is 23.8 Å². The van der Waals surface area contributed by atoms with E-state index in [1.165, 1.54) is 5.56 Å². The van der Waals surface area contributed by atoms with Crippen molar-refractivity contribution >= 4 is 11.8 Å². The molecule has 1 aromatic carbocycles. The van der Waals surface area contributed by atoms with Crippen molar-refractivity contribution < 1.29 is 9.84 Å². The zero-order valence-corrected chi connectivity index (χ0v) is 9.43. The monoisotopic (exact) mass is 212 g/mol. The lowest BCUT2D eigenvalue weighted by molar-refractivity contribution is 0.296. The van der Waals surface area contributed by atoms with Gasteiger partial charge in [-0.25, -0.2) is 0 Å². The molecular weight excluding hydrogens is 196 g/mol. The summed E-state index contributed by atoms with van der Waals surface area (Å²) >= 11 is 1.73. The molecule has 0 fully saturated rings. The van der Waals surface area contributed by atoms with Crippen molar-refractivity contribution in [1.29, 1.82) is 0 Å². The van der Waals surface area contributed by atoms with Crippen LogP contribution in [0.3, 0.4) is 0 Å². The fraction of sp³-hybridized carbons (Fsp3) is 0.455. The third kappa shape index (κ3) is 3.24. The first-order valence-electron chi connectivity index (χ1n) is 4.66. The van der Waals surface area contributed by atoms with Gasteiger partial charge in [0.05, 0.1) is 7.11 Å². The average Bonchev–Trinajstić information content (AvgIpc) is 2.19. The number of aliphatic hydroxyl groups is 1. The predicted molar refractivity (Wildman–Crippen MR) is 60.2 cm³/mol. The Morgan fingerprint density at radius 1 is 1.43 bits per heavy atom. The van der Waals surface area contributed by atoms with Crippen LogP contribution >= 0.6 is 11.8 Å². The van der Waals surface area contributed by atoms with Gasteiger partial charge in [0.2, 0.25) is 0 Å². The van der Waals surface area contributed by atoms with Crippen LogP contribution in [0, 0.1) is 6.92 Å². The number of hydrogen-bond donors (Lipinski definition) is 1. The second kappa shape index (κ2) is 5.94. The first-order valence-corrected chi connectivity index (χ1v) is 5.65. The third-order valence-electron chi connectivity index (χ3n) is 1.88. The number of hydrogen-bond acceptors (Lipinski definition) is 3. The Hall–Kier alpha value is -0.670. The van der Waals surface area contributed by atoms with Gasteiger partial charge in [-0.3, -0.25) is 0 Å². The highest BCUT2D eigenvalue weighted by molar-refractivity contribution is 7.99. The van der Waals surface area contributed by atoms with Gasteiger partial charge in [0.15, 0.2) is 0 Å². The number of thioether (sulfide) groups is 1. The molecule has 0 heterocycles. The van der Waals surface area contributed by atoms with Crippen LogP contribution < -0.4 is 4.74 Å². The zero-order chi connectivity index (χ0) is 10.4. The largest absolute Gasteiger partial charge is 0.496 e. The van der Waals surface area contributed by atoms with E-state index in [2.05, 4.69) is 13.0 Å². The minimum absolute atomic E-state index is 0.251. The highest BCUT2D eigenvalue weighted by Gasteiger charge is 2.02. The van der Waals surface area contributed by atoms with Crippen LogP contribution in [0.4, 0.5) is 0 Å². The van der Waals surface area contributed by atoms with Gasteiger partial charge >= 0.3 is 0 Å². The molecule has 0 aliphatic rings. The number of benzene rings is 1. The van der Waals surface area contributed by atoms with Crippen molar-refractivity contribution in [2.24, 2.45) is 0 Å². The van der Waals surface area contributed by atoms with Crippen LogP contribution in [0.15, 0.2) is 23.1 Å². The predicted octanol–water partition coefficient (Wildman–Crippen LogP) is 2.48. The normalized spacial score (nSPS) is 10.2. The summed E-state index contributed by atoms with van der Waals surface area (Å²) in [7, 11) is 1.68. The van der Waals surface area contributed by atoms with Gasteiger partial charge in [0, 0.05) is 17.3 Å². The van der Waals surface area contributed by atoms with E-state index in [0.29, 0.717) is 0 Å². The maximum Gasteiger partial charge on any atom is 0.132 e. The van der Waals surface area contributed by atoms with Crippen LogP contribution in [0.2, 0.25) is 0 Å². The van der Waals surface area contributed by atoms with Crippen LogP contribution in [0.5, 0.6) is 5.75 Å². The molecule has 1 aromatic rings. The lowest BCUT2D eigenvalue weighted by atomic mass is 10.2. The fourth-order valence-corrected chi connectivity index (χ4v) is 2.20. The molecule has 78 valence electrons. The van der Waals surface area contributed by atoms with Crippen molar-refractivity contribution in [1.82, 2.24) is 0 Å². The van der Waals surface area contributed by atoms with E-state index in [1.54, 1.807) is 18.9 Å². The molecule has 3 heteroatoms. The van der Waals surface area contributed by atoms with E-state index in [1.807, 2.05) is 12.1 Å². The average molecular weight is 212 g/mol. The first-order chi connectivity index (χ1) is 6.77. The maximum absolute atomic E-state index is 8.68. The van der Waals surface area contributed by atoms with E-state index in [9.17, 15) is 0 Å². The molecule has 0 aromatic heterocycles. The molecule has 1 rings (SSSR count). The van der Waals surface area contributed by atoms with E-state index in [4.69, 9.17) is 9.84 Å². The molecule has 1 N–H and O–H groups in total. The Morgan fingerprint density at radius 2 is 2.21 bits per heavy atom. The molecule has 0 radical (unpaired) electrons. The summed E-state index contributed by atoms with van der Waals surface area (Å²) in [5, 5.41) is 8.68. The Balaban J connectivity index is 2.67. The number of ether oxygens (including phenoxy) is 1. The van der Waals surface area contributed by atoms with Crippen LogP contribution in [0.25, 0.3) is 0 Å². The lowest BCUT2D eigenvalue weighted by Gasteiger charge is -2.08. The van der Waals surface area contributed by atoms with Gasteiger partial charge in [-0.15, -0.1) is 11.8 Å². The highest BCUT2D eigenvalue weighted by atomic mass is 32.2. The van der Waals surface area contributed by atoms with Gasteiger partial charge in [0.1, 0.15) is 5.75 Å². The van der Waals surface area contributed by atoms with Crippen molar-refractivity contribution in [2.45, 2.75) is 18.2 Å². The van der Waals surface area contributed by atoms with Gasteiger partial charge in [-0.2, -0.15) is 0 Å². The van der Waals surface area contributed by atoms with Gasteiger partial charge < -0.3 is 9.84 Å². The summed E-state index contributed by atoms with van der Waals surface area (Å²) in [5.74, 6) is 1.84. The van der Waals surface area contributed by atoms with E-state index < -0.39 is 0 Å². The molecule has 0 saturated carbocycles. The molecule has 0 spiro atoms. The summed E-state index contributed by atoms with van der Waals surface area (Å²) in [6.07, 6.45) is 0.821. The number of methoxy groups -OCH3 is 1. The molecule has 2 nitrogen and oxygen atoms in total. The molecule has 0 amide bonds. The molecule has 0 bridgehead atoms. The lowest BCUT2D eigenvalue weighted by Crippen LogP contribution is -1.90. The summed E-state index contributed by atoms with van der Waals surface area (Å²) in [6.45, 7) is 2.32. The third-order valence-corrected chi connectivity index (χ3v) is 3.00. The molecule has 0 saturated heterocycles. The van der Waals surface area contributed by atoms with Gasteiger partial charge in [0.25, 0.3) is 0 Å². The quantitative estimate of drug-likeness (QED) is 0.600. The zero-order valence-electron chi connectivity index (χ0n) is 8.62. The molecule has 0 unspecified atom stereocenters. The van der Waals surface area contributed by atoms with E-state index >= 15 is 0 Å². The second-order valence-electron chi connectivity index (χ2n) is 3.08. The molecule has 0 aliphatic carbocycles. The van der Waals surface area contributed by atoms with Gasteiger partial charge in [-0.05, 0) is 31.0 Å². The fourth-order valence-electron chi connectivity index (χ4n) is 1.14. The van der Waals surface area contributed by atoms with E-state index in [-0.39, 0.29) is 6.61 Å². The Labute approximate surface area is 89.3 Å². The molecule has 0 aliphatic heterocycles. The van der Waals surface area contributed by atoms with Crippen LogP contribution in [-0.4, -0.2) is 24.6 Å². The maximum atomic E-state index is 8.68. The molecule has 14 heavy (non-hydrogen) atoms. The first kappa shape index (κ1) is 11.4. The topological polar surface area (TPSA) is 29.5 Å². The highest BCUT2D eigenvalue weighted by Crippen LogP contribution is 2.30. The SMILES string of the molecule is COc1ccc(C)cc1SCCCO. The van der Waals surface area contributed by atoms with E-state index in [0.717, 1.165) is 22.8 Å². The molecular formula is C11H16O2S. The van der Waals surface area contributed by atoms with Crippen LogP contribution in [-0.2, 0) is 0 Å². The Kier molecular flexibility index (Phi) is 4.84. The van der Waals surface area contributed by atoms with Crippen molar-refractivity contribution in [3.8, 4) is 5.75 Å². The molecule has 0 atom stereocenters. The Morgan fingerprint density at radius 3 is 2.86 bits per heavy atom. The summed E-state index contributed by atoms with van der Waals surface area (Å²) < 4.78 is 5.25. The minimum Gasteiger partial charge on any atom is -0.496 e. The second-order valence-corrected chi connectivity index (χ2v) is 4.22. The van der Waals surface area contributed by atoms with Gasteiger partial charge in [-0.1, -0.05) is 6.07 Å². The summed E-state index contributed by atoms with van der Waals surface area (Å²) in [4.78, 5) is 1.15. The number of rotatable bonds is 5. The number of aryl methyl sites for hydroxylation is 1. The number of aliphatic hydroxyl groups excluding tert-OH is 1. The summed E-state index contributed by atoms with van der Waals surface area (Å²) in [5.41, 5.74) is 1.23. The van der Waals surface area contributed by atoms with Crippen molar-refractivity contribution in [2.75, 3.05) is 19.5 Å². The smallest absolute Gasteiger partial charge is 0.132 e. The van der Waals surface area contributed by atoms with Crippen LogP contribution in [0.1, 0.15) is 12.0 Å². The Bertz CT molecular complexity index is 287. The minimum atomic E-state index is 0.251. The summed E-state index contributed by atoms with van der Waals surface area (Å²) in [6, 6.07) is 6.13. The standard InChI is InChI=1S/C11H16O2S/c1-9-4-5-10(13-2)11(8-9)14-7-3-6-12/h4-5,8,12H,3,6-7H2,1-2H3.